The number of rotatable bonds is 7. The fraction of sp³-hybridized carbons (Fsp3) is 0.208. The molecule has 0 spiro atoms. The molecule has 160 valence electrons. The maximum absolute atomic E-state index is 12.8. The fourth-order valence-electron chi connectivity index (χ4n) is 3.42. The lowest BCUT2D eigenvalue weighted by Crippen LogP contribution is -2.17. The Labute approximate surface area is 177 Å². The molecule has 0 bridgehead atoms. The lowest BCUT2D eigenvalue weighted by molar-refractivity contribution is -0.137. The highest BCUT2D eigenvalue weighted by molar-refractivity contribution is 5.90. The lowest BCUT2D eigenvalue weighted by Gasteiger charge is -2.08. The summed E-state index contributed by atoms with van der Waals surface area (Å²) in [6.45, 7) is 1.37. The molecular weight excluding hydrogens is 405 g/mol. The minimum absolute atomic E-state index is 0.489. The maximum Gasteiger partial charge on any atom is 0.416 e. The Bertz CT molecular complexity index is 1150. The van der Waals surface area contributed by atoms with Gasteiger partial charge in [0.05, 0.1) is 12.7 Å². The van der Waals surface area contributed by atoms with Crippen molar-refractivity contribution < 1.29 is 22.3 Å². The molecule has 0 atom stereocenters. The smallest absolute Gasteiger partial charge is 0.416 e. The Hall–Kier alpha value is -3.32. The van der Waals surface area contributed by atoms with E-state index in [1.165, 1.54) is 12.1 Å². The topological polar surface area (TPSA) is 47.3 Å². The van der Waals surface area contributed by atoms with Gasteiger partial charge < -0.3 is 14.5 Å². The first-order chi connectivity index (χ1) is 15.0. The fourth-order valence-corrected chi connectivity index (χ4v) is 3.42. The van der Waals surface area contributed by atoms with Gasteiger partial charge >= 0.3 is 6.18 Å². The number of alkyl halides is 3. The van der Waals surface area contributed by atoms with Crippen molar-refractivity contribution >= 4 is 11.0 Å². The highest BCUT2D eigenvalue weighted by atomic mass is 19.4. The largest absolute Gasteiger partial charge is 0.493 e. The van der Waals surface area contributed by atoms with Crippen LogP contribution in [0, 0.1) is 0 Å². The summed E-state index contributed by atoms with van der Waals surface area (Å²) < 4.78 is 49.9. The third-order valence-corrected chi connectivity index (χ3v) is 5.05. The molecule has 31 heavy (non-hydrogen) atoms. The van der Waals surface area contributed by atoms with E-state index >= 15 is 0 Å². The van der Waals surface area contributed by atoms with Gasteiger partial charge in [0.1, 0.15) is 5.76 Å². The van der Waals surface area contributed by atoms with Crippen LogP contribution in [0.2, 0.25) is 0 Å². The third kappa shape index (κ3) is 4.72. The SMILES string of the molecule is COc1ccc(CNCCc2ccccn2)c2cc(-c3ccc(C(F)(F)F)cc3)oc12. The average Bonchev–Trinajstić information content (AvgIpc) is 3.23. The van der Waals surface area contributed by atoms with Crippen LogP contribution < -0.4 is 10.1 Å². The summed E-state index contributed by atoms with van der Waals surface area (Å²) in [5.41, 5.74) is 2.48. The second kappa shape index (κ2) is 8.81. The molecule has 4 nitrogen and oxygen atoms in total. The van der Waals surface area contributed by atoms with Gasteiger partial charge in [-0.25, -0.2) is 0 Å². The molecule has 0 amide bonds. The number of halogens is 3. The maximum atomic E-state index is 12.8. The summed E-state index contributed by atoms with van der Waals surface area (Å²) in [6.07, 6.45) is -1.79. The van der Waals surface area contributed by atoms with Gasteiger partial charge in [-0.15, -0.1) is 0 Å². The number of furan rings is 1. The average molecular weight is 426 g/mol. The number of hydrogen-bond acceptors (Lipinski definition) is 4. The number of aromatic nitrogens is 1. The number of nitrogens with zero attached hydrogens (tertiary/aromatic N) is 1. The molecule has 0 fully saturated rings. The van der Waals surface area contributed by atoms with Crippen molar-refractivity contribution in [3.05, 3.63) is 83.7 Å². The summed E-state index contributed by atoms with van der Waals surface area (Å²) in [6, 6.07) is 16.4. The molecular formula is C24H21F3N2O2. The van der Waals surface area contributed by atoms with Crippen molar-refractivity contribution in [3.63, 3.8) is 0 Å². The van der Waals surface area contributed by atoms with Crippen LogP contribution in [0.25, 0.3) is 22.3 Å². The molecule has 0 unspecified atom stereocenters. The number of hydrogen-bond donors (Lipinski definition) is 1. The van der Waals surface area contributed by atoms with E-state index in [1.807, 2.05) is 36.4 Å². The van der Waals surface area contributed by atoms with Crippen LogP contribution in [0.3, 0.4) is 0 Å². The molecule has 2 aromatic heterocycles. The van der Waals surface area contributed by atoms with Crippen LogP contribution in [0.15, 0.2) is 71.3 Å². The van der Waals surface area contributed by atoms with E-state index in [4.69, 9.17) is 9.15 Å². The first-order valence-electron chi connectivity index (χ1n) is 9.83. The van der Waals surface area contributed by atoms with E-state index in [-0.39, 0.29) is 0 Å². The Morgan fingerprint density at radius 3 is 2.52 bits per heavy atom. The number of fused-ring (bicyclic) bond motifs is 1. The molecule has 4 aromatic rings. The minimum atomic E-state index is -4.37. The highest BCUT2D eigenvalue weighted by Crippen LogP contribution is 2.37. The van der Waals surface area contributed by atoms with Crippen molar-refractivity contribution in [2.75, 3.05) is 13.7 Å². The van der Waals surface area contributed by atoms with Gasteiger partial charge in [-0.2, -0.15) is 13.2 Å². The minimum Gasteiger partial charge on any atom is -0.493 e. The Kier molecular flexibility index (Phi) is 5.95. The van der Waals surface area contributed by atoms with Crippen LogP contribution >= 0.6 is 0 Å². The van der Waals surface area contributed by atoms with Crippen LogP contribution in [-0.2, 0) is 19.1 Å². The number of ether oxygens (including phenoxy) is 1. The van der Waals surface area contributed by atoms with Gasteiger partial charge in [-0.1, -0.05) is 24.3 Å². The van der Waals surface area contributed by atoms with E-state index < -0.39 is 11.7 Å². The third-order valence-electron chi connectivity index (χ3n) is 5.05. The standard InChI is InChI=1S/C24H21F3N2O2/c1-30-21-10-7-17(15-28-13-11-19-4-2-3-12-29-19)20-14-22(31-23(20)21)16-5-8-18(9-6-16)24(25,26)27/h2-10,12,14,28H,11,13,15H2,1H3. The molecule has 4 rings (SSSR count). The van der Waals surface area contributed by atoms with Gasteiger partial charge in [0, 0.05) is 42.4 Å². The molecule has 0 aliphatic heterocycles. The van der Waals surface area contributed by atoms with Gasteiger partial charge in [-0.05, 0) is 42.0 Å². The second-order valence-corrected chi connectivity index (χ2v) is 7.10. The normalized spacial score (nSPS) is 11.7. The molecule has 2 heterocycles. The molecule has 0 radical (unpaired) electrons. The summed E-state index contributed by atoms with van der Waals surface area (Å²) in [4.78, 5) is 4.31. The number of benzene rings is 2. The zero-order valence-corrected chi connectivity index (χ0v) is 16.9. The van der Waals surface area contributed by atoms with Crippen LogP contribution in [0.5, 0.6) is 5.75 Å². The van der Waals surface area contributed by atoms with Crippen molar-refractivity contribution in [2.24, 2.45) is 0 Å². The summed E-state index contributed by atoms with van der Waals surface area (Å²) in [5.74, 6) is 1.06. The van der Waals surface area contributed by atoms with E-state index in [9.17, 15) is 13.2 Å². The van der Waals surface area contributed by atoms with E-state index in [0.717, 1.165) is 41.7 Å². The van der Waals surface area contributed by atoms with Gasteiger partial charge in [0.25, 0.3) is 0 Å². The highest BCUT2D eigenvalue weighted by Gasteiger charge is 2.30. The summed E-state index contributed by atoms with van der Waals surface area (Å²) in [7, 11) is 1.56. The molecule has 0 saturated carbocycles. The Morgan fingerprint density at radius 2 is 1.84 bits per heavy atom. The van der Waals surface area contributed by atoms with Crippen LogP contribution in [-0.4, -0.2) is 18.6 Å². The van der Waals surface area contributed by atoms with E-state index in [1.54, 1.807) is 13.3 Å². The number of methoxy groups -OCH3 is 1. The summed E-state index contributed by atoms with van der Waals surface area (Å²) in [5, 5.41) is 4.27. The lowest BCUT2D eigenvalue weighted by atomic mass is 10.1. The van der Waals surface area contributed by atoms with Crippen molar-refractivity contribution in [1.29, 1.82) is 0 Å². The van der Waals surface area contributed by atoms with Crippen molar-refractivity contribution in [3.8, 4) is 17.1 Å². The van der Waals surface area contributed by atoms with Crippen molar-refractivity contribution in [2.45, 2.75) is 19.1 Å². The van der Waals surface area contributed by atoms with Crippen molar-refractivity contribution in [1.82, 2.24) is 10.3 Å². The Morgan fingerprint density at radius 1 is 1.03 bits per heavy atom. The van der Waals surface area contributed by atoms with E-state index in [2.05, 4.69) is 10.3 Å². The predicted molar refractivity (Wildman–Crippen MR) is 113 cm³/mol. The first kappa shape index (κ1) is 20.9. The zero-order valence-electron chi connectivity index (χ0n) is 16.9. The second-order valence-electron chi connectivity index (χ2n) is 7.10. The number of nitrogens with one attached hydrogen (secondary N) is 1. The zero-order chi connectivity index (χ0) is 21.8. The monoisotopic (exact) mass is 426 g/mol. The quantitative estimate of drug-likeness (QED) is 0.376. The van der Waals surface area contributed by atoms with Gasteiger partial charge in [0.2, 0.25) is 0 Å². The van der Waals surface area contributed by atoms with Crippen LogP contribution in [0.1, 0.15) is 16.8 Å². The van der Waals surface area contributed by atoms with Gasteiger partial charge in [-0.3, -0.25) is 4.98 Å². The predicted octanol–water partition coefficient (Wildman–Crippen LogP) is 5.85. The number of pyridine rings is 1. The Balaban J connectivity index is 1.55. The van der Waals surface area contributed by atoms with Gasteiger partial charge in [0.15, 0.2) is 11.3 Å². The molecule has 0 aliphatic rings. The molecule has 2 aromatic carbocycles. The van der Waals surface area contributed by atoms with Crippen LogP contribution in [0.4, 0.5) is 13.2 Å². The molecule has 0 aliphatic carbocycles. The van der Waals surface area contributed by atoms with E-state index in [0.29, 0.717) is 29.2 Å². The summed E-state index contributed by atoms with van der Waals surface area (Å²) >= 11 is 0. The molecule has 0 saturated heterocycles. The molecule has 7 heteroatoms. The molecule has 1 N–H and O–H groups in total. The first-order valence-corrected chi connectivity index (χ1v) is 9.83.